The first-order chi connectivity index (χ1) is 17.3. The maximum atomic E-state index is 13.6. The van der Waals surface area contributed by atoms with Gasteiger partial charge in [0.2, 0.25) is 5.95 Å². The molecule has 6 rings (SSSR count). The van der Waals surface area contributed by atoms with E-state index >= 15 is 0 Å². The van der Waals surface area contributed by atoms with Gasteiger partial charge < -0.3 is 15.2 Å². The number of thioether (sulfide) groups is 1. The Kier molecular flexibility index (Phi) is 5.27. The van der Waals surface area contributed by atoms with E-state index in [1.54, 1.807) is 36.1 Å². The van der Waals surface area contributed by atoms with Crippen LogP contribution in [0.2, 0.25) is 5.02 Å². The average molecular weight is 521 g/mol. The summed E-state index contributed by atoms with van der Waals surface area (Å²) in [4.78, 5) is 37.3. The molecule has 1 aromatic carbocycles. The number of fused-ring (bicyclic) bond motifs is 2. The van der Waals surface area contributed by atoms with E-state index in [1.807, 2.05) is 35.2 Å². The molecule has 1 fully saturated rings. The number of aromatic nitrogens is 6. The summed E-state index contributed by atoms with van der Waals surface area (Å²) < 4.78 is 4.57. The van der Waals surface area contributed by atoms with Gasteiger partial charge in [0.15, 0.2) is 5.16 Å². The van der Waals surface area contributed by atoms with Crippen LogP contribution in [-0.4, -0.2) is 40.6 Å². The number of nitrogen functional groups attached to an aromatic ring is 1. The van der Waals surface area contributed by atoms with Crippen molar-refractivity contribution < 1.29 is 0 Å². The highest BCUT2D eigenvalue weighted by Gasteiger charge is 2.40. The fraction of sp³-hybridized carbons (Fsp3) is 0.208. The second-order valence-electron chi connectivity index (χ2n) is 8.75. The van der Waals surface area contributed by atoms with Gasteiger partial charge in [0.25, 0.3) is 11.1 Å². The summed E-state index contributed by atoms with van der Waals surface area (Å²) in [6.07, 6.45) is 3.33. The van der Waals surface area contributed by atoms with Crippen LogP contribution in [0.25, 0.3) is 22.1 Å². The number of anilines is 2. The molecule has 0 radical (unpaired) electrons. The summed E-state index contributed by atoms with van der Waals surface area (Å²) in [5, 5.41) is 5.82. The standard InChI is InChI=1S/C24H21ClN8O2S/c1-13-12-31(19-17-16(27-23(26)28-19)9-10-30(2)20(17)34)22(13)36-24-29-32-11-8-15(25)18(32)21(35)33(24)14-6-4-3-5-7-14/h3-11,13,22H,12H2,1-2H3,(H2,26,27,28)/t13-,22?/m0/s1. The second-order valence-corrected chi connectivity index (χ2v) is 10.2. The molecule has 5 aromatic rings. The summed E-state index contributed by atoms with van der Waals surface area (Å²) >= 11 is 7.74. The SMILES string of the molecule is C[C@H]1CN(c2nc(N)nc3ccn(C)c(=O)c23)C1Sc1nn2ccc(Cl)c2c(=O)n1-c1ccccc1. The molecule has 0 bridgehead atoms. The highest BCUT2D eigenvalue weighted by atomic mass is 35.5. The third-order valence-corrected chi connectivity index (χ3v) is 8.06. The van der Waals surface area contributed by atoms with Crippen LogP contribution in [0.5, 0.6) is 0 Å². The first-order valence-corrected chi connectivity index (χ1v) is 12.5. The van der Waals surface area contributed by atoms with Gasteiger partial charge in [-0.2, -0.15) is 4.98 Å². The van der Waals surface area contributed by atoms with E-state index in [0.717, 1.165) is 0 Å². The Bertz CT molecular complexity index is 1760. The molecule has 1 aliphatic heterocycles. The van der Waals surface area contributed by atoms with Crippen molar-refractivity contribution in [2.24, 2.45) is 13.0 Å². The minimum atomic E-state index is -0.266. The Morgan fingerprint density at radius 2 is 1.83 bits per heavy atom. The Balaban J connectivity index is 1.50. The van der Waals surface area contributed by atoms with Gasteiger partial charge in [-0.25, -0.2) is 9.50 Å². The number of hydrogen-bond donors (Lipinski definition) is 1. The Morgan fingerprint density at radius 3 is 2.58 bits per heavy atom. The molecule has 1 saturated heterocycles. The van der Waals surface area contributed by atoms with Gasteiger partial charge in [-0.05, 0) is 24.3 Å². The van der Waals surface area contributed by atoms with Gasteiger partial charge in [-0.1, -0.05) is 48.5 Å². The number of hydrogen-bond acceptors (Lipinski definition) is 8. The second kappa shape index (κ2) is 8.38. The largest absolute Gasteiger partial charge is 0.368 e. The molecular formula is C24H21ClN8O2S. The van der Waals surface area contributed by atoms with Crippen LogP contribution in [0, 0.1) is 5.92 Å². The number of rotatable bonds is 4. The van der Waals surface area contributed by atoms with Gasteiger partial charge in [0.1, 0.15) is 16.7 Å². The molecular weight excluding hydrogens is 500 g/mol. The molecule has 2 N–H and O–H groups in total. The molecule has 12 heteroatoms. The van der Waals surface area contributed by atoms with Crippen molar-refractivity contribution in [1.29, 1.82) is 0 Å². The number of halogens is 1. The minimum absolute atomic E-state index is 0.0942. The predicted molar refractivity (Wildman–Crippen MR) is 141 cm³/mol. The Hall–Kier alpha value is -3.83. The number of aryl methyl sites for hydroxylation is 1. The summed E-state index contributed by atoms with van der Waals surface area (Å²) in [5.41, 5.74) is 7.02. The van der Waals surface area contributed by atoms with E-state index in [4.69, 9.17) is 22.4 Å². The predicted octanol–water partition coefficient (Wildman–Crippen LogP) is 2.94. The van der Waals surface area contributed by atoms with Crippen molar-refractivity contribution in [1.82, 2.24) is 28.7 Å². The number of benzene rings is 1. The van der Waals surface area contributed by atoms with Gasteiger partial charge in [0.05, 0.1) is 21.6 Å². The molecule has 4 aromatic heterocycles. The third kappa shape index (κ3) is 3.46. The van der Waals surface area contributed by atoms with Crippen molar-refractivity contribution in [3.63, 3.8) is 0 Å². The van der Waals surface area contributed by atoms with Crippen LogP contribution in [0.1, 0.15) is 6.92 Å². The molecule has 10 nitrogen and oxygen atoms in total. The summed E-state index contributed by atoms with van der Waals surface area (Å²) in [5.74, 6) is 0.795. The zero-order valence-corrected chi connectivity index (χ0v) is 20.9. The number of para-hydroxylation sites is 1. The molecule has 0 aliphatic carbocycles. The molecule has 0 spiro atoms. The van der Waals surface area contributed by atoms with E-state index in [0.29, 0.717) is 44.6 Å². The van der Waals surface area contributed by atoms with Gasteiger partial charge in [0, 0.05) is 31.9 Å². The van der Waals surface area contributed by atoms with E-state index < -0.39 is 0 Å². The highest BCUT2D eigenvalue weighted by Crippen LogP contribution is 2.41. The molecule has 0 amide bonds. The average Bonchev–Trinajstić information content (AvgIpc) is 3.24. The van der Waals surface area contributed by atoms with E-state index in [2.05, 4.69) is 16.9 Å². The number of pyridine rings is 1. The van der Waals surface area contributed by atoms with E-state index in [-0.39, 0.29) is 28.4 Å². The van der Waals surface area contributed by atoms with Crippen LogP contribution in [0.3, 0.4) is 0 Å². The van der Waals surface area contributed by atoms with Crippen LogP contribution >= 0.6 is 23.4 Å². The Morgan fingerprint density at radius 1 is 1.06 bits per heavy atom. The van der Waals surface area contributed by atoms with Gasteiger partial charge in [-0.15, -0.1) is 5.10 Å². The lowest BCUT2D eigenvalue weighted by Crippen LogP contribution is -2.54. The Labute approximate surface area is 214 Å². The fourth-order valence-electron chi connectivity index (χ4n) is 4.50. The van der Waals surface area contributed by atoms with Crippen LogP contribution in [-0.2, 0) is 7.05 Å². The fourth-order valence-corrected chi connectivity index (χ4v) is 6.00. The van der Waals surface area contributed by atoms with Crippen molar-refractivity contribution in [3.05, 3.63) is 80.6 Å². The van der Waals surface area contributed by atoms with Crippen LogP contribution < -0.4 is 21.8 Å². The van der Waals surface area contributed by atoms with Crippen molar-refractivity contribution in [2.45, 2.75) is 17.5 Å². The first-order valence-electron chi connectivity index (χ1n) is 11.2. The summed E-state index contributed by atoms with van der Waals surface area (Å²) in [7, 11) is 1.69. The van der Waals surface area contributed by atoms with Crippen molar-refractivity contribution >= 4 is 51.5 Å². The molecule has 182 valence electrons. The first kappa shape index (κ1) is 22.6. The molecule has 2 atom stereocenters. The quantitative estimate of drug-likeness (QED) is 0.384. The maximum Gasteiger partial charge on any atom is 0.284 e. The zero-order valence-electron chi connectivity index (χ0n) is 19.4. The normalized spacial score (nSPS) is 17.6. The molecule has 36 heavy (non-hydrogen) atoms. The maximum absolute atomic E-state index is 13.6. The zero-order chi connectivity index (χ0) is 25.1. The lowest BCUT2D eigenvalue weighted by molar-refractivity contribution is 0.408. The van der Waals surface area contributed by atoms with E-state index in [1.165, 1.54) is 20.8 Å². The van der Waals surface area contributed by atoms with Gasteiger partial charge >= 0.3 is 0 Å². The monoisotopic (exact) mass is 520 g/mol. The summed E-state index contributed by atoms with van der Waals surface area (Å²) in [6, 6.07) is 12.7. The number of nitrogens with two attached hydrogens (primary N) is 1. The highest BCUT2D eigenvalue weighted by molar-refractivity contribution is 8.00. The van der Waals surface area contributed by atoms with Crippen LogP contribution in [0.4, 0.5) is 11.8 Å². The lowest BCUT2D eigenvalue weighted by Gasteiger charge is -2.46. The lowest BCUT2D eigenvalue weighted by atomic mass is 10.0. The van der Waals surface area contributed by atoms with Crippen molar-refractivity contribution in [2.75, 3.05) is 17.2 Å². The molecule has 0 saturated carbocycles. The van der Waals surface area contributed by atoms with Crippen LogP contribution in [0.15, 0.2) is 69.6 Å². The minimum Gasteiger partial charge on any atom is -0.368 e. The molecule has 5 heterocycles. The summed E-state index contributed by atoms with van der Waals surface area (Å²) in [6.45, 7) is 2.77. The topological polar surface area (TPSA) is 116 Å². The van der Waals surface area contributed by atoms with Gasteiger partial charge in [-0.3, -0.25) is 14.2 Å². The number of nitrogens with zero attached hydrogens (tertiary/aromatic N) is 7. The molecule has 1 aliphatic rings. The van der Waals surface area contributed by atoms with Crippen molar-refractivity contribution in [3.8, 4) is 5.69 Å². The van der Waals surface area contributed by atoms with E-state index in [9.17, 15) is 9.59 Å². The molecule has 1 unspecified atom stereocenters. The smallest absolute Gasteiger partial charge is 0.284 e. The third-order valence-electron chi connectivity index (χ3n) is 6.32.